The second-order valence-corrected chi connectivity index (χ2v) is 14.1. The molecule has 0 amide bonds. The summed E-state index contributed by atoms with van der Waals surface area (Å²) >= 11 is 0. The summed E-state index contributed by atoms with van der Waals surface area (Å²) in [6.45, 7) is 0. The summed E-state index contributed by atoms with van der Waals surface area (Å²) in [5.41, 5.74) is 18.1. The molecule has 11 rings (SSSR count). The number of para-hydroxylation sites is 2. The summed E-state index contributed by atoms with van der Waals surface area (Å²) in [4.78, 5) is 9.01. The molecular weight excluding hydrogens is 1100 g/mol. The Morgan fingerprint density at radius 2 is 0.750 bits per heavy atom. The SMILES string of the molecule is [Au].[Au].[C-]#Cc1ccc2c(c1)-c1ccccc1C2.[C-]#Cc1ccc2c(c1)-c1ccccc1C2.[c-]1nc(-c2ccccc2-c2cn(-c3ccccc3)[c-]n2)cn1-c1ccccc1. The number of aromatic nitrogens is 4. The zero-order valence-electron chi connectivity index (χ0n) is 32.1. The first-order valence-electron chi connectivity index (χ1n) is 19.1. The Kier molecular flexibility index (Phi) is 13.3. The minimum absolute atomic E-state index is 0. The van der Waals surface area contributed by atoms with Gasteiger partial charge in [0.25, 0.3) is 0 Å². The third-order valence-corrected chi connectivity index (χ3v) is 10.5. The monoisotopic (exact) mass is 1130 g/mol. The van der Waals surface area contributed by atoms with Gasteiger partial charge in [-0.25, -0.2) is 0 Å². The van der Waals surface area contributed by atoms with Crippen LogP contribution in [0.15, 0.2) is 182 Å². The average molecular weight is 1130 g/mol. The number of nitrogens with zero attached hydrogens (tertiary/aromatic N) is 4. The van der Waals surface area contributed by atoms with E-state index in [0.717, 1.165) is 57.9 Å². The Balaban J connectivity index is 0.000000145. The molecule has 6 heteroatoms. The van der Waals surface area contributed by atoms with E-state index in [9.17, 15) is 0 Å². The van der Waals surface area contributed by atoms with E-state index in [0.29, 0.717) is 0 Å². The van der Waals surface area contributed by atoms with Gasteiger partial charge in [0.2, 0.25) is 0 Å². The van der Waals surface area contributed by atoms with Gasteiger partial charge in [0.05, 0.1) is 0 Å². The van der Waals surface area contributed by atoms with E-state index in [2.05, 4.69) is 107 Å². The number of hydrogen-bond acceptors (Lipinski definition) is 2. The first kappa shape index (κ1) is 41.7. The van der Waals surface area contributed by atoms with Crippen LogP contribution in [0.2, 0.25) is 0 Å². The van der Waals surface area contributed by atoms with Gasteiger partial charge in [-0.2, -0.15) is 0 Å². The van der Waals surface area contributed by atoms with E-state index < -0.39 is 0 Å². The molecular formula is C54H34Au2N4-4. The van der Waals surface area contributed by atoms with Crippen LogP contribution < -0.4 is 0 Å². The van der Waals surface area contributed by atoms with Crippen LogP contribution in [0.1, 0.15) is 33.4 Å². The predicted octanol–water partition coefficient (Wildman–Crippen LogP) is 11.4. The third kappa shape index (κ3) is 8.77. The molecule has 0 aliphatic heterocycles. The Morgan fingerprint density at radius 1 is 0.400 bits per heavy atom. The molecule has 2 aliphatic carbocycles. The van der Waals surface area contributed by atoms with Crippen molar-refractivity contribution < 1.29 is 44.8 Å². The Morgan fingerprint density at radius 3 is 1.15 bits per heavy atom. The number of imidazole rings is 2. The van der Waals surface area contributed by atoms with Gasteiger partial charge in [0.1, 0.15) is 0 Å². The van der Waals surface area contributed by atoms with Crippen molar-refractivity contribution in [1.82, 2.24) is 19.1 Å². The fourth-order valence-corrected chi connectivity index (χ4v) is 7.61. The van der Waals surface area contributed by atoms with E-state index >= 15 is 0 Å². The van der Waals surface area contributed by atoms with Crippen molar-refractivity contribution in [2.24, 2.45) is 0 Å². The van der Waals surface area contributed by atoms with E-state index in [-0.39, 0.29) is 44.8 Å². The maximum absolute atomic E-state index is 7.14. The average Bonchev–Trinajstić information content (AvgIpc) is 4.12. The van der Waals surface area contributed by atoms with Crippen LogP contribution in [0.3, 0.4) is 0 Å². The van der Waals surface area contributed by atoms with Crippen LogP contribution in [0, 0.1) is 37.3 Å². The summed E-state index contributed by atoms with van der Waals surface area (Å²) in [5, 5.41) is 0. The zero-order chi connectivity index (χ0) is 39.3. The predicted molar refractivity (Wildman–Crippen MR) is 231 cm³/mol. The van der Waals surface area contributed by atoms with Crippen molar-refractivity contribution in [2.45, 2.75) is 12.8 Å². The molecule has 4 nitrogen and oxygen atoms in total. The first-order chi connectivity index (χ1) is 28.6. The molecule has 60 heavy (non-hydrogen) atoms. The van der Waals surface area contributed by atoms with Crippen LogP contribution >= 0.6 is 0 Å². The summed E-state index contributed by atoms with van der Waals surface area (Å²) in [5.74, 6) is 4.87. The van der Waals surface area contributed by atoms with E-state index in [1.54, 1.807) is 0 Å². The van der Waals surface area contributed by atoms with Gasteiger partial charge < -0.3 is 31.9 Å². The van der Waals surface area contributed by atoms with Crippen molar-refractivity contribution >= 4 is 0 Å². The molecule has 0 atom stereocenters. The van der Waals surface area contributed by atoms with Crippen LogP contribution in [0.25, 0.3) is 56.1 Å². The van der Waals surface area contributed by atoms with E-state index in [4.69, 9.17) is 12.8 Å². The molecule has 9 aromatic rings. The van der Waals surface area contributed by atoms with Gasteiger partial charge >= 0.3 is 0 Å². The molecule has 0 N–H and O–H groups in total. The summed E-state index contributed by atoms with van der Waals surface area (Å²) in [6.07, 6.45) is 26.4. The van der Waals surface area contributed by atoms with E-state index in [1.807, 2.05) is 119 Å². The molecule has 0 bridgehead atoms. The molecule has 0 unspecified atom stereocenters. The van der Waals surface area contributed by atoms with Gasteiger partial charge in [-0.05, 0) is 80.1 Å². The summed E-state index contributed by atoms with van der Waals surface area (Å²) in [7, 11) is 0. The van der Waals surface area contributed by atoms with Gasteiger partial charge in [-0.3, -0.25) is 11.8 Å². The fraction of sp³-hybridized carbons (Fsp3) is 0.0370. The van der Waals surface area contributed by atoms with Gasteiger partial charge in [0.15, 0.2) is 0 Å². The van der Waals surface area contributed by atoms with Gasteiger partial charge in [-0.15, -0.1) is 35.4 Å². The largest absolute Gasteiger partial charge is 0.433 e. The van der Waals surface area contributed by atoms with Crippen molar-refractivity contribution in [2.75, 3.05) is 0 Å². The molecule has 0 fully saturated rings. The molecule has 2 aliphatic rings. The smallest absolute Gasteiger partial charge is 0.0413 e. The quantitative estimate of drug-likeness (QED) is 0.100. The van der Waals surface area contributed by atoms with Gasteiger partial charge in [0, 0.05) is 57.4 Å². The standard InChI is InChI=1S/C24H16N4.2C15H9.2Au/c1-3-9-19(10-4-1)27-15-23(25-17-27)21-13-7-8-14-22(21)24-16-28(18-26-24)20-11-5-2-6-12-20;2*1-2-11-7-8-13-10-12-5-3-4-6-14(12)15(13)9-11;;/h1-16H;2*3-9H,10H2;;/q-2;2*-1;;. The first-order valence-corrected chi connectivity index (χ1v) is 19.1. The Labute approximate surface area is 383 Å². The summed E-state index contributed by atoms with van der Waals surface area (Å²) < 4.78 is 3.81. The molecule has 2 heterocycles. The van der Waals surface area contributed by atoms with Crippen molar-refractivity contribution in [3.05, 3.63) is 241 Å². The van der Waals surface area contributed by atoms with Crippen molar-refractivity contribution in [1.29, 1.82) is 0 Å². The zero-order valence-corrected chi connectivity index (χ0v) is 36.5. The Hall–Kier alpha value is -6.44. The number of fused-ring (bicyclic) bond motifs is 6. The third-order valence-electron chi connectivity index (χ3n) is 10.5. The second kappa shape index (κ2) is 19.1. The Bertz CT molecular complexity index is 2780. The molecule has 0 saturated carbocycles. The molecule has 7 aromatic carbocycles. The van der Waals surface area contributed by atoms with Crippen molar-refractivity contribution in [3.8, 4) is 68.0 Å². The maximum atomic E-state index is 7.14. The second-order valence-electron chi connectivity index (χ2n) is 14.1. The molecule has 296 valence electrons. The van der Waals surface area contributed by atoms with Crippen LogP contribution in [0.5, 0.6) is 0 Å². The van der Waals surface area contributed by atoms with Crippen molar-refractivity contribution in [3.63, 3.8) is 0 Å². The van der Waals surface area contributed by atoms with Gasteiger partial charge in [-0.1, -0.05) is 169 Å². The normalized spacial score (nSPS) is 10.9. The fourth-order valence-electron chi connectivity index (χ4n) is 7.61. The van der Waals surface area contributed by atoms with Crippen LogP contribution in [-0.4, -0.2) is 19.1 Å². The van der Waals surface area contributed by atoms with Crippen LogP contribution in [0.4, 0.5) is 0 Å². The van der Waals surface area contributed by atoms with Crippen LogP contribution in [-0.2, 0) is 57.6 Å². The molecule has 0 saturated heterocycles. The minimum Gasteiger partial charge on any atom is -0.433 e. The molecule has 0 spiro atoms. The maximum Gasteiger partial charge on any atom is 0.0413 e. The number of rotatable bonds is 4. The number of benzene rings is 7. The summed E-state index contributed by atoms with van der Waals surface area (Å²) in [6, 6.07) is 57.4. The number of hydrogen-bond donors (Lipinski definition) is 0. The van der Waals surface area contributed by atoms with E-state index in [1.165, 1.54) is 44.5 Å². The molecule has 2 aromatic heterocycles. The minimum atomic E-state index is 0. The topological polar surface area (TPSA) is 35.6 Å². The molecule has 2 radical (unpaired) electrons.